The number of benzene rings is 1. The van der Waals surface area contributed by atoms with Gasteiger partial charge in [0.25, 0.3) is 0 Å². The molecule has 2 N–H and O–H groups in total. The molecule has 1 heterocycles. The standard InChI is InChI=1S/C11H16N2/c1-7-4-10-11(5-8(7)2)13-9(3)6-12-10/h4-5,9,12-13H,6H2,1-3H3/t9-/m1/s1. The smallest absolute Gasteiger partial charge is 0.0581 e. The molecule has 0 saturated carbocycles. The van der Waals surface area contributed by atoms with Crippen molar-refractivity contribution >= 4 is 11.4 Å². The molecule has 13 heavy (non-hydrogen) atoms. The Kier molecular flexibility index (Phi) is 1.91. The summed E-state index contributed by atoms with van der Waals surface area (Å²) in [5, 5.41) is 6.88. The van der Waals surface area contributed by atoms with Gasteiger partial charge in [-0.25, -0.2) is 0 Å². The Balaban J connectivity index is 2.43. The van der Waals surface area contributed by atoms with Gasteiger partial charge < -0.3 is 10.6 Å². The normalized spacial score (nSPS) is 20.1. The SMILES string of the molecule is Cc1cc2c(cc1C)N[C@H](C)CN2. The van der Waals surface area contributed by atoms with Crippen molar-refractivity contribution in [2.75, 3.05) is 17.2 Å². The van der Waals surface area contributed by atoms with Gasteiger partial charge in [0.2, 0.25) is 0 Å². The number of anilines is 2. The zero-order valence-electron chi connectivity index (χ0n) is 8.44. The molecule has 70 valence electrons. The summed E-state index contributed by atoms with van der Waals surface area (Å²) in [6.45, 7) is 7.49. The first-order valence-corrected chi connectivity index (χ1v) is 4.78. The highest BCUT2D eigenvalue weighted by Crippen LogP contribution is 2.28. The second-order valence-corrected chi connectivity index (χ2v) is 3.91. The molecule has 0 saturated heterocycles. The van der Waals surface area contributed by atoms with Crippen molar-refractivity contribution < 1.29 is 0 Å². The maximum absolute atomic E-state index is 3.47. The molecule has 2 nitrogen and oxygen atoms in total. The second kappa shape index (κ2) is 2.95. The van der Waals surface area contributed by atoms with E-state index in [1.807, 2.05) is 0 Å². The summed E-state index contributed by atoms with van der Waals surface area (Å²) in [6, 6.07) is 4.95. The minimum absolute atomic E-state index is 0.523. The summed E-state index contributed by atoms with van der Waals surface area (Å²) < 4.78 is 0. The van der Waals surface area contributed by atoms with Gasteiger partial charge in [-0.15, -0.1) is 0 Å². The second-order valence-electron chi connectivity index (χ2n) is 3.91. The Labute approximate surface area is 79.4 Å². The molecular weight excluding hydrogens is 160 g/mol. The first-order valence-electron chi connectivity index (χ1n) is 4.78. The fraction of sp³-hybridized carbons (Fsp3) is 0.455. The number of hydrogen-bond donors (Lipinski definition) is 2. The Morgan fingerprint density at radius 2 is 1.77 bits per heavy atom. The van der Waals surface area contributed by atoms with Crippen LogP contribution in [0.5, 0.6) is 0 Å². The van der Waals surface area contributed by atoms with Gasteiger partial charge in [0.1, 0.15) is 0 Å². The van der Waals surface area contributed by atoms with Crippen LogP contribution in [0.3, 0.4) is 0 Å². The first kappa shape index (κ1) is 8.42. The molecule has 1 aromatic carbocycles. The van der Waals surface area contributed by atoms with Gasteiger partial charge in [-0.05, 0) is 44.0 Å². The van der Waals surface area contributed by atoms with Crippen LogP contribution in [0.1, 0.15) is 18.1 Å². The monoisotopic (exact) mass is 176 g/mol. The lowest BCUT2D eigenvalue weighted by Crippen LogP contribution is -2.30. The number of aryl methyl sites for hydroxylation is 2. The van der Waals surface area contributed by atoms with Gasteiger partial charge in [-0.1, -0.05) is 0 Å². The summed E-state index contributed by atoms with van der Waals surface area (Å²) >= 11 is 0. The lowest BCUT2D eigenvalue weighted by Gasteiger charge is -2.26. The number of rotatable bonds is 0. The van der Waals surface area contributed by atoms with E-state index < -0.39 is 0 Å². The quantitative estimate of drug-likeness (QED) is 0.634. The average molecular weight is 176 g/mol. The van der Waals surface area contributed by atoms with E-state index in [-0.39, 0.29) is 0 Å². The molecule has 1 aromatic rings. The molecule has 2 heteroatoms. The van der Waals surface area contributed by atoms with Crippen LogP contribution in [-0.4, -0.2) is 12.6 Å². The zero-order chi connectivity index (χ0) is 9.42. The van der Waals surface area contributed by atoms with Gasteiger partial charge in [-0.3, -0.25) is 0 Å². The zero-order valence-corrected chi connectivity index (χ0v) is 8.44. The van der Waals surface area contributed by atoms with E-state index >= 15 is 0 Å². The maximum Gasteiger partial charge on any atom is 0.0581 e. The molecule has 0 unspecified atom stereocenters. The van der Waals surface area contributed by atoms with Gasteiger partial charge in [0.05, 0.1) is 11.4 Å². The Hall–Kier alpha value is -1.18. The fourth-order valence-electron chi connectivity index (χ4n) is 1.66. The topological polar surface area (TPSA) is 24.1 Å². The van der Waals surface area contributed by atoms with Gasteiger partial charge in [-0.2, -0.15) is 0 Å². The van der Waals surface area contributed by atoms with Gasteiger partial charge in [0.15, 0.2) is 0 Å². The molecule has 1 atom stereocenters. The molecule has 0 amide bonds. The number of fused-ring (bicyclic) bond motifs is 1. The molecule has 0 aliphatic carbocycles. The minimum Gasteiger partial charge on any atom is -0.381 e. The lowest BCUT2D eigenvalue weighted by atomic mass is 10.1. The van der Waals surface area contributed by atoms with E-state index in [9.17, 15) is 0 Å². The summed E-state index contributed by atoms with van der Waals surface area (Å²) in [6.07, 6.45) is 0. The van der Waals surface area contributed by atoms with Crippen LogP contribution in [0, 0.1) is 13.8 Å². The van der Waals surface area contributed by atoms with E-state index in [0.29, 0.717) is 6.04 Å². The van der Waals surface area contributed by atoms with Crippen molar-refractivity contribution in [1.29, 1.82) is 0 Å². The number of hydrogen-bond acceptors (Lipinski definition) is 2. The van der Waals surface area contributed by atoms with Crippen molar-refractivity contribution in [2.24, 2.45) is 0 Å². The van der Waals surface area contributed by atoms with Crippen LogP contribution in [0.4, 0.5) is 11.4 Å². The van der Waals surface area contributed by atoms with E-state index in [0.717, 1.165) is 6.54 Å². The molecular formula is C11H16N2. The Morgan fingerprint density at radius 1 is 1.15 bits per heavy atom. The van der Waals surface area contributed by atoms with Crippen molar-refractivity contribution in [3.63, 3.8) is 0 Å². The van der Waals surface area contributed by atoms with Crippen LogP contribution >= 0.6 is 0 Å². The molecule has 0 spiro atoms. The highest BCUT2D eigenvalue weighted by atomic mass is 15.1. The summed E-state index contributed by atoms with van der Waals surface area (Å²) in [4.78, 5) is 0. The highest BCUT2D eigenvalue weighted by molar-refractivity contribution is 5.73. The third-order valence-electron chi connectivity index (χ3n) is 2.63. The van der Waals surface area contributed by atoms with E-state index in [4.69, 9.17) is 0 Å². The Bertz CT molecular complexity index is 331. The van der Waals surface area contributed by atoms with Crippen molar-refractivity contribution in [2.45, 2.75) is 26.8 Å². The predicted octanol–water partition coefficient (Wildman–Crippen LogP) is 2.53. The molecule has 2 rings (SSSR count). The summed E-state index contributed by atoms with van der Waals surface area (Å²) in [5.41, 5.74) is 5.17. The summed E-state index contributed by atoms with van der Waals surface area (Å²) in [7, 11) is 0. The highest BCUT2D eigenvalue weighted by Gasteiger charge is 2.13. The van der Waals surface area contributed by atoms with E-state index in [1.54, 1.807) is 0 Å². The van der Waals surface area contributed by atoms with E-state index in [1.165, 1.54) is 22.5 Å². The predicted molar refractivity (Wildman–Crippen MR) is 57.5 cm³/mol. The third kappa shape index (κ3) is 1.48. The molecule has 0 radical (unpaired) electrons. The molecule has 0 fully saturated rings. The molecule has 0 aromatic heterocycles. The fourth-order valence-corrected chi connectivity index (χ4v) is 1.66. The number of nitrogens with one attached hydrogen (secondary N) is 2. The first-order chi connectivity index (χ1) is 6.16. The third-order valence-corrected chi connectivity index (χ3v) is 2.63. The Morgan fingerprint density at radius 3 is 2.46 bits per heavy atom. The molecule has 1 aliphatic heterocycles. The van der Waals surface area contributed by atoms with Crippen LogP contribution < -0.4 is 10.6 Å². The molecule has 0 bridgehead atoms. The summed E-state index contributed by atoms with van der Waals surface area (Å²) in [5.74, 6) is 0. The van der Waals surface area contributed by atoms with Crippen LogP contribution in [0.25, 0.3) is 0 Å². The van der Waals surface area contributed by atoms with Crippen LogP contribution in [-0.2, 0) is 0 Å². The maximum atomic E-state index is 3.47. The minimum atomic E-state index is 0.523. The van der Waals surface area contributed by atoms with Crippen molar-refractivity contribution in [3.8, 4) is 0 Å². The van der Waals surface area contributed by atoms with Crippen molar-refractivity contribution in [1.82, 2.24) is 0 Å². The van der Waals surface area contributed by atoms with E-state index in [2.05, 4.69) is 43.5 Å². The average Bonchev–Trinajstić information content (AvgIpc) is 2.08. The largest absolute Gasteiger partial charge is 0.381 e. The van der Waals surface area contributed by atoms with Gasteiger partial charge >= 0.3 is 0 Å². The van der Waals surface area contributed by atoms with Crippen molar-refractivity contribution in [3.05, 3.63) is 23.3 Å². The van der Waals surface area contributed by atoms with Crippen LogP contribution in [0.2, 0.25) is 0 Å². The van der Waals surface area contributed by atoms with Crippen LogP contribution in [0.15, 0.2) is 12.1 Å². The molecule has 1 aliphatic rings. The van der Waals surface area contributed by atoms with Gasteiger partial charge in [0, 0.05) is 12.6 Å². The lowest BCUT2D eigenvalue weighted by molar-refractivity contribution is 0.817.